The van der Waals surface area contributed by atoms with E-state index in [1.165, 1.54) is 0 Å². The standard InChI is InChI=1S/C16H18ClN3O2/c1-10-18-16(22-20-10)8-4-7-15(21)19-14-9-12(14)11-5-2-3-6-13(11)17/h2-3,5-6,12,14H,4,7-9H2,1H3,(H,19,21)/t12-,14-/m0/s1. The number of nitrogens with one attached hydrogen (secondary N) is 1. The molecule has 22 heavy (non-hydrogen) atoms. The molecule has 3 rings (SSSR count). The van der Waals surface area contributed by atoms with Gasteiger partial charge in [0.1, 0.15) is 0 Å². The van der Waals surface area contributed by atoms with Crippen molar-refractivity contribution in [2.24, 2.45) is 0 Å². The molecule has 0 bridgehead atoms. The summed E-state index contributed by atoms with van der Waals surface area (Å²) in [5.41, 5.74) is 1.12. The lowest BCUT2D eigenvalue weighted by Gasteiger charge is -2.05. The zero-order chi connectivity index (χ0) is 15.5. The number of aromatic nitrogens is 2. The van der Waals surface area contributed by atoms with Gasteiger partial charge in [0, 0.05) is 29.8 Å². The zero-order valence-electron chi connectivity index (χ0n) is 12.4. The van der Waals surface area contributed by atoms with Crippen molar-refractivity contribution in [2.45, 2.75) is 44.6 Å². The minimum absolute atomic E-state index is 0.0655. The zero-order valence-corrected chi connectivity index (χ0v) is 13.1. The molecule has 6 heteroatoms. The lowest BCUT2D eigenvalue weighted by molar-refractivity contribution is -0.121. The number of rotatable bonds is 6. The van der Waals surface area contributed by atoms with E-state index in [0.29, 0.717) is 36.9 Å². The summed E-state index contributed by atoms with van der Waals surface area (Å²) in [5.74, 6) is 1.62. The van der Waals surface area contributed by atoms with Crippen LogP contribution in [0.5, 0.6) is 0 Å². The molecule has 1 N–H and O–H groups in total. The van der Waals surface area contributed by atoms with Crippen molar-refractivity contribution < 1.29 is 9.32 Å². The highest BCUT2D eigenvalue weighted by molar-refractivity contribution is 6.31. The van der Waals surface area contributed by atoms with Gasteiger partial charge in [0.05, 0.1) is 0 Å². The fraction of sp³-hybridized carbons (Fsp3) is 0.438. The summed E-state index contributed by atoms with van der Waals surface area (Å²) in [6.07, 6.45) is 2.76. The Morgan fingerprint density at radius 1 is 1.45 bits per heavy atom. The van der Waals surface area contributed by atoms with E-state index < -0.39 is 0 Å². The van der Waals surface area contributed by atoms with Crippen LogP contribution >= 0.6 is 11.6 Å². The molecule has 1 aromatic carbocycles. The molecule has 0 radical (unpaired) electrons. The molecule has 2 aromatic rings. The maximum Gasteiger partial charge on any atom is 0.226 e. The highest BCUT2D eigenvalue weighted by Crippen LogP contribution is 2.43. The maximum atomic E-state index is 11.9. The minimum atomic E-state index is 0.0655. The van der Waals surface area contributed by atoms with Crippen LogP contribution in [0.1, 0.15) is 42.5 Å². The van der Waals surface area contributed by atoms with Crippen molar-refractivity contribution in [3.05, 3.63) is 46.6 Å². The molecule has 116 valence electrons. The number of carbonyl (C=O) groups excluding carboxylic acids is 1. The number of hydrogen-bond donors (Lipinski definition) is 1. The Bertz CT molecular complexity index is 671. The van der Waals surface area contributed by atoms with E-state index in [1.54, 1.807) is 6.92 Å². The molecule has 1 aliphatic carbocycles. The van der Waals surface area contributed by atoms with Crippen molar-refractivity contribution in [3.8, 4) is 0 Å². The van der Waals surface area contributed by atoms with E-state index in [-0.39, 0.29) is 11.9 Å². The van der Waals surface area contributed by atoms with E-state index in [4.69, 9.17) is 16.1 Å². The van der Waals surface area contributed by atoms with Gasteiger partial charge in [-0.15, -0.1) is 0 Å². The van der Waals surface area contributed by atoms with Crippen LogP contribution in [0.25, 0.3) is 0 Å². The topological polar surface area (TPSA) is 68.0 Å². The molecule has 0 aliphatic heterocycles. The summed E-state index contributed by atoms with van der Waals surface area (Å²) in [5, 5.41) is 7.56. The Morgan fingerprint density at radius 3 is 3.00 bits per heavy atom. The summed E-state index contributed by atoms with van der Waals surface area (Å²) in [4.78, 5) is 16.1. The first kappa shape index (κ1) is 15.0. The predicted molar refractivity (Wildman–Crippen MR) is 82.7 cm³/mol. The van der Waals surface area contributed by atoms with Crippen LogP contribution in [0.4, 0.5) is 0 Å². The molecule has 1 aromatic heterocycles. The van der Waals surface area contributed by atoms with Gasteiger partial charge in [-0.3, -0.25) is 4.79 Å². The van der Waals surface area contributed by atoms with Gasteiger partial charge in [0.2, 0.25) is 11.8 Å². The highest BCUT2D eigenvalue weighted by Gasteiger charge is 2.40. The van der Waals surface area contributed by atoms with Crippen LogP contribution in [0, 0.1) is 6.92 Å². The number of hydrogen-bond acceptors (Lipinski definition) is 4. The van der Waals surface area contributed by atoms with E-state index >= 15 is 0 Å². The number of halogens is 1. The van der Waals surface area contributed by atoms with Crippen molar-refractivity contribution in [1.82, 2.24) is 15.5 Å². The van der Waals surface area contributed by atoms with Gasteiger partial charge < -0.3 is 9.84 Å². The Balaban J connectivity index is 1.41. The third-order valence-electron chi connectivity index (χ3n) is 3.81. The molecule has 0 unspecified atom stereocenters. The molecular weight excluding hydrogens is 302 g/mol. The third kappa shape index (κ3) is 3.65. The molecule has 1 amide bonds. The predicted octanol–water partition coefficient (Wildman–Crippen LogP) is 3.03. The van der Waals surface area contributed by atoms with Gasteiger partial charge in [-0.25, -0.2) is 0 Å². The van der Waals surface area contributed by atoms with Crippen molar-refractivity contribution >= 4 is 17.5 Å². The Hall–Kier alpha value is -1.88. The largest absolute Gasteiger partial charge is 0.353 e. The first-order chi connectivity index (χ1) is 10.6. The summed E-state index contributed by atoms with van der Waals surface area (Å²) in [7, 11) is 0. The molecule has 1 fully saturated rings. The van der Waals surface area contributed by atoms with Crippen LogP contribution in [0.2, 0.25) is 5.02 Å². The number of amides is 1. The molecule has 1 heterocycles. The second kappa shape index (κ2) is 6.48. The van der Waals surface area contributed by atoms with Crippen molar-refractivity contribution in [1.29, 1.82) is 0 Å². The number of benzene rings is 1. The summed E-state index contributed by atoms with van der Waals surface area (Å²) < 4.78 is 5.02. The van der Waals surface area contributed by atoms with Gasteiger partial charge in [0.25, 0.3) is 0 Å². The summed E-state index contributed by atoms with van der Waals surface area (Å²) >= 11 is 6.18. The molecule has 5 nitrogen and oxygen atoms in total. The SMILES string of the molecule is Cc1noc(CCCC(=O)N[C@H]2C[C@H]2c2ccccc2Cl)n1. The fourth-order valence-corrected chi connectivity index (χ4v) is 2.87. The van der Waals surface area contributed by atoms with Gasteiger partial charge in [-0.2, -0.15) is 4.98 Å². The van der Waals surface area contributed by atoms with Crippen LogP contribution in [-0.4, -0.2) is 22.1 Å². The average Bonchev–Trinajstić information content (AvgIpc) is 3.11. The van der Waals surface area contributed by atoms with Gasteiger partial charge >= 0.3 is 0 Å². The normalized spacial score (nSPS) is 19.9. The van der Waals surface area contributed by atoms with E-state index in [1.807, 2.05) is 24.3 Å². The molecule has 2 atom stereocenters. The van der Waals surface area contributed by atoms with Crippen LogP contribution in [-0.2, 0) is 11.2 Å². The van der Waals surface area contributed by atoms with E-state index in [2.05, 4.69) is 15.5 Å². The quantitative estimate of drug-likeness (QED) is 0.888. The van der Waals surface area contributed by atoms with Crippen LogP contribution in [0.15, 0.2) is 28.8 Å². The first-order valence-electron chi connectivity index (χ1n) is 7.46. The van der Waals surface area contributed by atoms with E-state index in [0.717, 1.165) is 17.0 Å². The lowest BCUT2D eigenvalue weighted by atomic mass is 10.1. The number of carbonyl (C=O) groups is 1. The molecular formula is C16H18ClN3O2. The van der Waals surface area contributed by atoms with Gasteiger partial charge in [-0.1, -0.05) is 35.0 Å². The summed E-state index contributed by atoms with van der Waals surface area (Å²) in [6.45, 7) is 1.78. The maximum absolute atomic E-state index is 11.9. The van der Waals surface area contributed by atoms with Crippen LogP contribution < -0.4 is 5.32 Å². The van der Waals surface area contributed by atoms with Gasteiger partial charge in [-0.05, 0) is 31.4 Å². The molecule has 0 saturated heterocycles. The third-order valence-corrected chi connectivity index (χ3v) is 4.15. The van der Waals surface area contributed by atoms with Gasteiger partial charge in [0.15, 0.2) is 5.82 Å². The van der Waals surface area contributed by atoms with E-state index in [9.17, 15) is 4.79 Å². The number of aryl methyl sites for hydroxylation is 2. The lowest BCUT2D eigenvalue weighted by Crippen LogP contribution is -2.26. The highest BCUT2D eigenvalue weighted by atomic mass is 35.5. The first-order valence-corrected chi connectivity index (χ1v) is 7.84. The van der Waals surface area contributed by atoms with Crippen molar-refractivity contribution in [3.63, 3.8) is 0 Å². The second-order valence-corrected chi connectivity index (χ2v) is 6.03. The Labute approximate surface area is 134 Å². The minimum Gasteiger partial charge on any atom is -0.353 e. The average molecular weight is 320 g/mol. The molecule has 1 saturated carbocycles. The smallest absolute Gasteiger partial charge is 0.226 e. The number of nitrogens with zero attached hydrogens (tertiary/aromatic N) is 2. The van der Waals surface area contributed by atoms with Crippen molar-refractivity contribution in [2.75, 3.05) is 0 Å². The fourth-order valence-electron chi connectivity index (χ4n) is 2.59. The monoisotopic (exact) mass is 319 g/mol. The molecule has 1 aliphatic rings. The summed E-state index contributed by atoms with van der Waals surface area (Å²) in [6, 6.07) is 8.02. The Morgan fingerprint density at radius 2 is 2.27 bits per heavy atom. The molecule has 0 spiro atoms. The van der Waals surface area contributed by atoms with Crippen LogP contribution in [0.3, 0.4) is 0 Å². The Kier molecular flexibility index (Phi) is 4.43. The second-order valence-electron chi connectivity index (χ2n) is 5.63.